The van der Waals surface area contributed by atoms with Gasteiger partial charge in [0.2, 0.25) is 5.91 Å². The third-order valence-corrected chi connectivity index (χ3v) is 19.6. The van der Waals surface area contributed by atoms with Crippen molar-refractivity contribution in [1.29, 1.82) is 0 Å². The Kier molecular flexibility index (Phi) is 59.2. The highest BCUT2D eigenvalue weighted by Crippen LogP contribution is 2.30. The standard InChI is InChI=1S/C78H149NO13/c1-3-5-7-9-11-13-15-17-19-21-23-25-27-29-31-33-34-35-37-39-41-43-45-47-49-51-53-55-57-59-61-67(82)66(65-89-77-75(88)73(86)76(69(64-81)91-77)92-78-74(87)72(85)71(84)68(63-80)90-78)79-70(83)62-60-58-56-54-52-50-48-46-44-42-40-38-36-32-30-28-26-24-22-20-18-16-14-12-10-8-6-4-2/h51,53,59,61,66-69,71-78,80-82,84-88H,3-50,52,54-58,60,62-65H2,1-2H3,(H,79,83)/b53-51+,61-59+. The van der Waals surface area contributed by atoms with Gasteiger partial charge in [0, 0.05) is 6.42 Å². The molecule has 2 rings (SSSR count). The molecule has 14 heteroatoms. The van der Waals surface area contributed by atoms with E-state index in [9.17, 15) is 45.6 Å². The first-order valence-electron chi connectivity index (χ1n) is 39.6. The van der Waals surface area contributed by atoms with E-state index >= 15 is 0 Å². The van der Waals surface area contributed by atoms with Gasteiger partial charge in [-0.25, -0.2) is 0 Å². The van der Waals surface area contributed by atoms with Crippen molar-refractivity contribution in [1.82, 2.24) is 5.32 Å². The molecule has 0 aromatic rings. The van der Waals surface area contributed by atoms with E-state index in [1.807, 2.05) is 6.08 Å². The Hall–Kier alpha value is -1.53. The van der Waals surface area contributed by atoms with Gasteiger partial charge in [-0.05, 0) is 32.1 Å². The maximum atomic E-state index is 13.4. The summed E-state index contributed by atoms with van der Waals surface area (Å²) >= 11 is 0. The Labute approximate surface area is 564 Å². The minimum atomic E-state index is -1.79. The molecule has 2 aliphatic heterocycles. The normalized spacial score (nSPS) is 22.7. The van der Waals surface area contributed by atoms with E-state index in [0.717, 1.165) is 32.1 Å². The van der Waals surface area contributed by atoms with Crippen LogP contribution in [0, 0.1) is 0 Å². The number of unbranched alkanes of at least 4 members (excludes halogenated alkanes) is 52. The van der Waals surface area contributed by atoms with Crippen LogP contribution in [-0.4, -0.2) is 140 Å². The lowest BCUT2D eigenvalue weighted by Gasteiger charge is -2.46. The molecule has 0 bridgehead atoms. The fraction of sp³-hybridized carbons (Fsp3) is 0.936. The van der Waals surface area contributed by atoms with Crippen LogP contribution in [0.15, 0.2) is 24.3 Å². The van der Waals surface area contributed by atoms with E-state index in [4.69, 9.17) is 18.9 Å². The maximum absolute atomic E-state index is 13.4. The molecule has 0 aliphatic carbocycles. The third kappa shape index (κ3) is 45.9. The summed E-state index contributed by atoms with van der Waals surface area (Å²) in [5, 5.41) is 87.6. The quantitative estimate of drug-likeness (QED) is 0.0204. The number of hydrogen-bond acceptors (Lipinski definition) is 13. The third-order valence-electron chi connectivity index (χ3n) is 19.6. The zero-order valence-corrected chi connectivity index (χ0v) is 59.6. The molecule has 2 aliphatic rings. The Balaban J connectivity index is 1.64. The van der Waals surface area contributed by atoms with Gasteiger partial charge < -0.3 is 65.1 Å². The number of carbonyl (C=O) groups is 1. The number of aliphatic hydroxyl groups is 8. The molecule has 92 heavy (non-hydrogen) atoms. The van der Waals surface area contributed by atoms with Crippen molar-refractivity contribution in [2.24, 2.45) is 0 Å². The molecule has 9 N–H and O–H groups in total. The van der Waals surface area contributed by atoms with Crippen LogP contribution in [0.4, 0.5) is 0 Å². The number of allylic oxidation sites excluding steroid dienone is 3. The molecule has 0 aromatic heterocycles. The van der Waals surface area contributed by atoms with Crippen LogP contribution in [0.25, 0.3) is 0 Å². The molecule has 2 saturated heterocycles. The van der Waals surface area contributed by atoms with Crippen LogP contribution in [0.5, 0.6) is 0 Å². The second kappa shape index (κ2) is 63.0. The summed E-state index contributed by atoms with van der Waals surface area (Å²) in [6.07, 6.45) is 64.1. The van der Waals surface area contributed by atoms with Gasteiger partial charge in [-0.3, -0.25) is 4.79 Å². The first kappa shape index (κ1) is 86.6. The van der Waals surface area contributed by atoms with Gasteiger partial charge in [0.1, 0.15) is 48.8 Å². The highest BCUT2D eigenvalue weighted by Gasteiger charge is 2.51. The highest BCUT2D eigenvalue weighted by molar-refractivity contribution is 5.76. The predicted octanol–water partition coefficient (Wildman–Crippen LogP) is 17.5. The SMILES string of the molecule is CCCCCCCCCCCCCCCCCCCCCCCCCC/C=C/CC/C=C/C(O)C(COC1OC(CO)C(OC2OC(CO)C(O)C(O)C2O)C(O)C1O)NC(=O)CCCCCCCCCCCCCCCCCCCCCCCCCCCCCC. The number of ether oxygens (including phenoxy) is 4. The smallest absolute Gasteiger partial charge is 0.220 e. The van der Waals surface area contributed by atoms with Gasteiger partial charge >= 0.3 is 0 Å². The summed E-state index contributed by atoms with van der Waals surface area (Å²) in [4.78, 5) is 13.4. The maximum Gasteiger partial charge on any atom is 0.220 e. The van der Waals surface area contributed by atoms with Crippen molar-refractivity contribution in [3.05, 3.63) is 24.3 Å². The average molecular weight is 1310 g/mol. The van der Waals surface area contributed by atoms with Crippen LogP contribution in [0.1, 0.15) is 373 Å². The van der Waals surface area contributed by atoms with Gasteiger partial charge in [0.25, 0.3) is 0 Å². The molecular formula is C78H149NO13. The predicted molar refractivity (Wildman–Crippen MR) is 378 cm³/mol. The summed E-state index contributed by atoms with van der Waals surface area (Å²) < 4.78 is 22.9. The monoisotopic (exact) mass is 1310 g/mol. The number of carbonyl (C=O) groups excluding carboxylic acids is 1. The first-order chi connectivity index (χ1) is 45.1. The summed E-state index contributed by atoms with van der Waals surface area (Å²) in [5.41, 5.74) is 0. The van der Waals surface area contributed by atoms with Crippen LogP contribution in [0.2, 0.25) is 0 Å². The summed E-state index contributed by atoms with van der Waals surface area (Å²) in [6.45, 7) is 2.86. The first-order valence-corrected chi connectivity index (χ1v) is 39.6. The largest absolute Gasteiger partial charge is 0.394 e. The van der Waals surface area contributed by atoms with Crippen LogP contribution < -0.4 is 5.32 Å². The minimum absolute atomic E-state index is 0.240. The summed E-state index contributed by atoms with van der Waals surface area (Å²) in [6, 6.07) is -0.930. The average Bonchev–Trinajstić information content (AvgIpc) is 0.827. The van der Waals surface area contributed by atoms with Crippen LogP contribution in [0.3, 0.4) is 0 Å². The molecule has 2 heterocycles. The van der Waals surface area contributed by atoms with Crippen LogP contribution >= 0.6 is 0 Å². The van der Waals surface area contributed by atoms with Gasteiger partial charge in [-0.2, -0.15) is 0 Å². The zero-order chi connectivity index (χ0) is 66.6. The van der Waals surface area contributed by atoms with Crippen molar-refractivity contribution in [2.45, 2.75) is 447 Å². The fourth-order valence-electron chi connectivity index (χ4n) is 13.4. The van der Waals surface area contributed by atoms with Gasteiger partial charge in [-0.15, -0.1) is 0 Å². The van der Waals surface area contributed by atoms with Crippen molar-refractivity contribution in [3.63, 3.8) is 0 Å². The van der Waals surface area contributed by atoms with E-state index in [1.165, 1.54) is 308 Å². The Morgan fingerprint density at radius 3 is 1.07 bits per heavy atom. The van der Waals surface area contributed by atoms with Gasteiger partial charge in [0.05, 0.1) is 32.0 Å². The lowest BCUT2D eigenvalue weighted by Crippen LogP contribution is -2.65. The number of aliphatic hydroxyl groups excluding tert-OH is 8. The Morgan fingerprint density at radius 1 is 0.380 bits per heavy atom. The topological polar surface area (TPSA) is 228 Å². The van der Waals surface area contributed by atoms with Crippen molar-refractivity contribution in [3.8, 4) is 0 Å². The van der Waals surface area contributed by atoms with E-state index < -0.39 is 86.8 Å². The number of rotatable bonds is 67. The molecular weight excluding hydrogens is 1160 g/mol. The zero-order valence-electron chi connectivity index (χ0n) is 59.6. The van der Waals surface area contributed by atoms with Crippen LogP contribution in [-0.2, 0) is 23.7 Å². The van der Waals surface area contributed by atoms with Gasteiger partial charge in [0.15, 0.2) is 12.6 Å². The summed E-state index contributed by atoms with van der Waals surface area (Å²) in [7, 11) is 0. The molecule has 0 aromatic carbocycles. The molecule has 12 atom stereocenters. The molecule has 544 valence electrons. The van der Waals surface area contributed by atoms with Crippen molar-refractivity contribution < 1.29 is 64.6 Å². The van der Waals surface area contributed by atoms with E-state index in [0.29, 0.717) is 12.8 Å². The van der Waals surface area contributed by atoms with E-state index in [-0.39, 0.29) is 18.9 Å². The van der Waals surface area contributed by atoms with Crippen molar-refractivity contribution >= 4 is 5.91 Å². The Bertz CT molecular complexity index is 1640. The lowest BCUT2D eigenvalue weighted by molar-refractivity contribution is -0.359. The number of nitrogens with one attached hydrogen (secondary N) is 1. The molecule has 0 saturated carbocycles. The minimum Gasteiger partial charge on any atom is -0.394 e. The van der Waals surface area contributed by atoms with Crippen molar-refractivity contribution in [2.75, 3.05) is 19.8 Å². The molecule has 0 spiro atoms. The van der Waals surface area contributed by atoms with E-state index in [2.05, 4.69) is 31.3 Å². The molecule has 12 unspecified atom stereocenters. The molecule has 1 amide bonds. The fourth-order valence-corrected chi connectivity index (χ4v) is 13.4. The van der Waals surface area contributed by atoms with E-state index in [1.54, 1.807) is 6.08 Å². The molecule has 0 radical (unpaired) electrons. The molecule has 14 nitrogen and oxygen atoms in total. The number of amides is 1. The summed E-state index contributed by atoms with van der Waals surface area (Å²) in [5.74, 6) is -0.240. The van der Waals surface area contributed by atoms with Gasteiger partial charge in [-0.1, -0.05) is 359 Å². The second-order valence-corrected chi connectivity index (χ2v) is 28.2. The lowest BCUT2D eigenvalue weighted by atomic mass is 9.97. The number of hydrogen-bond donors (Lipinski definition) is 9. The Morgan fingerprint density at radius 2 is 0.696 bits per heavy atom. The molecule has 2 fully saturated rings. The second-order valence-electron chi connectivity index (χ2n) is 28.2. The highest BCUT2D eigenvalue weighted by atomic mass is 16.7.